The maximum Gasteiger partial charge on any atom is 0.306 e. The average Bonchev–Trinajstić information content (AvgIpc) is 2.37. The van der Waals surface area contributed by atoms with E-state index in [1.807, 2.05) is 0 Å². The Kier molecular flexibility index (Phi) is 4.97. The molecule has 0 amide bonds. The van der Waals surface area contributed by atoms with Gasteiger partial charge >= 0.3 is 5.97 Å². The smallest absolute Gasteiger partial charge is 0.306 e. The van der Waals surface area contributed by atoms with Gasteiger partial charge in [0.15, 0.2) is 0 Å². The van der Waals surface area contributed by atoms with Crippen LogP contribution >= 0.6 is 0 Å². The molecule has 18 heavy (non-hydrogen) atoms. The van der Waals surface area contributed by atoms with Gasteiger partial charge in [0, 0.05) is 25.7 Å². The number of likely N-dealkylation sites (N-methyl/N-ethyl adjacent to an activating group) is 1. The molecule has 2 rings (SSSR count). The van der Waals surface area contributed by atoms with Crippen molar-refractivity contribution in [3.8, 4) is 0 Å². The predicted molar refractivity (Wildman–Crippen MR) is 68.6 cm³/mol. The number of rotatable bonds is 4. The summed E-state index contributed by atoms with van der Waals surface area (Å²) in [6.45, 7) is 3.59. The van der Waals surface area contributed by atoms with Crippen LogP contribution in [0.15, 0.2) is 0 Å². The third-order valence-corrected chi connectivity index (χ3v) is 4.00. The zero-order valence-corrected chi connectivity index (χ0v) is 11.1. The molecule has 104 valence electrons. The first-order chi connectivity index (χ1) is 8.65. The van der Waals surface area contributed by atoms with Crippen LogP contribution in [0.3, 0.4) is 0 Å². The summed E-state index contributed by atoms with van der Waals surface area (Å²) in [6, 6.07) is 0.343. The molecule has 5 heteroatoms. The molecule has 0 aromatic rings. The maximum atomic E-state index is 11.0. The van der Waals surface area contributed by atoms with Crippen molar-refractivity contribution >= 4 is 5.97 Å². The summed E-state index contributed by atoms with van der Waals surface area (Å²) in [5, 5.41) is 12.5. The lowest BCUT2D eigenvalue weighted by Crippen LogP contribution is -2.47. The molecule has 3 unspecified atom stereocenters. The fraction of sp³-hybridized carbons (Fsp3) is 0.923. The average molecular weight is 256 g/mol. The molecule has 0 aromatic carbocycles. The number of ether oxygens (including phenoxy) is 1. The minimum Gasteiger partial charge on any atom is -0.481 e. The van der Waals surface area contributed by atoms with Crippen molar-refractivity contribution < 1.29 is 14.6 Å². The van der Waals surface area contributed by atoms with Crippen molar-refractivity contribution in [2.24, 2.45) is 5.92 Å². The van der Waals surface area contributed by atoms with Gasteiger partial charge in [0.25, 0.3) is 0 Å². The van der Waals surface area contributed by atoms with Gasteiger partial charge in [-0.3, -0.25) is 4.79 Å². The van der Waals surface area contributed by atoms with Crippen LogP contribution in [-0.2, 0) is 9.53 Å². The molecule has 5 nitrogen and oxygen atoms in total. The van der Waals surface area contributed by atoms with Gasteiger partial charge in [-0.15, -0.1) is 0 Å². The lowest BCUT2D eigenvalue weighted by molar-refractivity contribution is -0.143. The van der Waals surface area contributed by atoms with Gasteiger partial charge in [-0.1, -0.05) is 6.42 Å². The standard InChI is InChI=1S/C13H24N2O3/c1-15-5-6-18-12(9-15)8-14-11-4-2-3-10(7-11)13(16)17/h10-12,14H,2-9H2,1H3,(H,16,17). The van der Waals surface area contributed by atoms with E-state index in [1.165, 1.54) is 0 Å². The van der Waals surface area contributed by atoms with E-state index >= 15 is 0 Å². The third kappa shape index (κ3) is 3.93. The SMILES string of the molecule is CN1CCOC(CNC2CCCC(C(=O)O)C2)C1. The van der Waals surface area contributed by atoms with Crippen molar-refractivity contribution in [3.05, 3.63) is 0 Å². The quantitative estimate of drug-likeness (QED) is 0.769. The normalized spacial score (nSPS) is 34.4. The van der Waals surface area contributed by atoms with Crippen molar-refractivity contribution in [2.75, 3.05) is 33.3 Å². The predicted octanol–water partition coefficient (Wildman–Crippen LogP) is 0.550. The molecule has 1 aliphatic heterocycles. The van der Waals surface area contributed by atoms with E-state index in [0.29, 0.717) is 6.04 Å². The van der Waals surface area contributed by atoms with Gasteiger partial charge < -0.3 is 20.1 Å². The molecule has 1 heterocycles. The Morgan fingerprint density at radius 2 is 2.33 bits per heavy atom. The summed E-state index contributed by atoms with van der Waals surface area (Å²) < 4.78 is 5.69. The molecule has 2 N–H and O–H groups in total. The second-order valence-electron chi connectivity index (χ2n) is 5.56. The largest absolute Gasteiger partial charge is 0.481 e. The molecule has 0 aromatic heterocycles. The van der Waals surface area contributed by atoms with Crippen LogP contribution in [0.2, 0.25) is 0 Å². The van der Waals surface area contributed by atoms with Gasteiger partial charge in [0.1, 0.15) is 0 Å². The van der Waals surface area contributed by atoms with Crippen LogP contribution in [0.25, 0.3) is 0 Å². The molecular weight excluding hydrogens is 232 g/mol. The van der Waals surface area contributed by atoms with Gasteiger partial charge in [-0.05, 0) is 26.3 Å². The topological polar surface area (TPSA) is 61.8 Å². The second-order valence-corrected chi connectivity index (χ2v) is 5.56. The molecular formula is C13H24N2O3. The van der Waals surface area contributed by atoms with Crippen molar-refractivity contribution in [1.82, 2.24) is 10.2 Å². The Balaban J connectivity index is 1.71. The number of morpholine rings is 1. The van der Waals surface area contributed by atoms with Crippen LogP contribution in [0.5, 0.6) is 0 Å². The van der Waals surface area contributed by atoms with Crippen LogP contribution in [0, 0.1) is 5.92 Å². The zero-order valence-electron chi connectivity index (χ0n) is 11.1. The van der Waals surface area contributed by atoms with Gasteiger partial charge in [-0.25, -0.2) is 0 Å². The highest BCUT2D eigenvalue weighted by Crippen LogP contribution is 2.24. The lowest BCUT2D eigenvalue weighted by Gasteiger charge is -2.33. The lowest BCUT2D eigenvalue weighted by atomic mass is 9.86. The molecule has 0 spiro atoms. The molecule has 3 atom stereocenters. The van der Waals surface area contributed by atoms with E-state index in [9.17, 15) is 4.79 Å². The number of carbonyl (C=O) groups is 1. The zero-order chi connectivity index (χ0) is 13.0. The van der Waals surface area contributed by atoms with Crippen molar-refractivity contribution in [2.45, 2.75) is 37.8 Å². The number of carboxylic acids is 1. The molecule has 0 bridgehead atoms. The Bertz CT molecular complexity index is 285. The number of carboxylic acid groups (broad SMARTS) is 1. The molecule has 2 aliphatic rings. The van der Waals surface area contributed by atoms with E-state index in [0.717, 1.165) is 51.9 Å². The van der Waals surface area contributed by atoms with Crippen LogP contribution < -0.4 is 5.32 Å². The fourth-order valence-corrected chi connectivity index (χ4v) is 2.89. The summed E-state index contributed by atoms with van der Waals surface area (Å²) in [5.41, 5.74) is 0. The van der Waals surface area contributed by atoms with Gasteiger partial charge in [-0.2, -0.15) is 0 Å². The number of aliphatic carboxylic acids is 1. The Labute approximate surface area is 108 Å². The van der Waals surface area contributed by atoms with Gasteiger partial charge in [0.2, 0.25) is 0 Å². The minimum absolute atomic E-state index is 0.161. The van der Waals surface area contributed by atoms with Crippen LogP contribution in [0.4, 0.5) is 0 Å². The molecule has 2 fully saturated rings. The first kappa shape index (κ1) is 13.8. The summed E-state index contributed by atoms with van der Waals surface area (Å²) in [4.78, 5) is 13.3. The summed E-state index contributed by atoms with van der Waals surface area (Å²) in [5.74, 6) is -0.804. The fourth-order valence-electron chi connectivity index (χ4n) is 2.89. The van der Waals surface area contributed by atoms with E-state index in [2.05, 4.69) is 17.3 Å². The number of hydrogen-bond acceptors (Lipinski definition) is 4. The molecule has 1 saturated heterocycles. The van der Waals surface area contributed by atoms with E-state index in [1.54, 1.807) is 0 Å². The molecule has 0 radical (unpaired) electrons. The first-order valence-corrected chi connectivity index (χ1v) is 6.91. The highest BCUT2D eigenvalue weighted by atomic mass is 16.5. The highest BCUT2D eigenvalue weighted by molar-refractivity contribution is 5.70. The Morgan fingerprint density at radius 1 is 1.50 bits per heavy atom. The number of hydrogen-bond donors (Lipinski definition) is 2. The molecule has 1 aliphatic carbocycles. The monoisotopic (exact) mass is 256 g/mol. The van der Waals surface area contributed by atoms with Crippen LogP contribution in [-0.4, -0.2) is 61.4 Å². The summed E-state index contributed by atoms with van der Waals surface area (Å²) in [6.07, 6.45) is 3.94. The second kappa shape index (κ2) is 6.50. The Morgan fingerprint density at radius 3 is 3.06 bits per heavy atom. The summed E-state index contributed by atoms with van der Waals surface area (Å²) in [7, 11) is 2.11. The summed E-state index contributed by atoms with van der Waals surface area (Å²) >= 11 is 0. The van der Waals surface area contributed by atoms with E-state index in [-0.39, 0.29) is 12.0 Å². The van der Waals surface area contributed by atoms with Crippen LogP contribution in [0.1, 0.15) is 25.7 Å². The van der Waals surface area contributed by atoms with Crippen molar-refractivity contribution in [1.29, 1.82) is 0 Å². The molecule has 1 saturated carbocycles. The minimum atomic E-state index is -0.643. The van der Waals surface area contributed by atoms with Gasteiger partial charge in [0.05, 0.1) is 18.6 Å². The first-order valence-electron chi connectivity index (χ1n) is 6.91. The highest BCUT2D eigenvalue weighted by Gasteiger charge is 2.27. The van der Waals surface area contributed by atoms with E-state index < -0.39 is 5.97 Å². The third-order valence-electron chi connectivity index (χ3n) is 4.00. The van der Waals surface area contributed by atoms with E-state index in [4.69, 9.17) is 9.84 Å². The maximum absolute atomic E-state index is 11.0. The van der Waals surface area contributed by atoms with Crippen molar-refractivity contribution in [3.63, 3.8) is 0 Å². The Hall–Kier alpha value is -0.650. The number of nitrogens with zero attached hydrogens (tertiary/aromatic N) is 1. The number of nitrogens with one attached hydrogen (secondary N) is 1.